The number of nitrogens with zero attached hydrogens (tertiary/aromatic N) is 2. The Kier molecular flexibility index (Phi) is 6.20. The summed E-state index contributed by atoms with van der Waals surface area (Å²) in [4.78, 5) is 4.65. The van der Waals surface area contributed by atoms with E-state index in [1.807, 2.05) is 0 Å². The van der Waals surface area contributed by atoms with Gasteiger partial charge in [0.25, 0.3) is 0 Å². The molecule has 0 N–H and O–H groups in total. The molecule has 0 amide bonds. The van der Waals surface area contributed by atoms with Crippen molar-refractivity contribution in [3.05, 3.63) is 170 Å². The second kappa shape index (κ2) is 10.4. The number of hydrogen-bond donors (Lipinski definition) is 0. The average molecular weight is 513 g/mol. The first-order valence-electron chi connectivity index (χ1n) is 13.6. The van der Waals surface area contributed by atoms with Crippen molar-refractivity contribution >= 4 is 55.7 Å². The van der Waals surface area contributed by atoms with Gasteiger partial charge < -0.3 is 9.80 Å². The summed E-state index contributed by atoms with van der Waals surface area (Å²) in [5.41, 5.74) is 6.75. The van der Waals surface area contributed by atoms with Gasteiger partial charge in [0, 0.05) is 33.8 Å². The highest BCUT2D eigenvalue weighted by Gasteiger charge is 2.17. The second-order valence-corrected chi connectivity index (χ2v) is 9.89. The molecule has 0 fully saturated rings. The van der Waals surface area contributed by atoms with Gasteiger partial charge in [-0.1, -0.05) is 91.0 Å². The van der Waals surface area contributed by atoms with Gasteiger partial charge in [-0.2, -0.15) is 0 Å². The molecule has 0 spiro atoms. The predicted octanol–water partition coefficient (Wildman–Crippen LogP) is 10.9. The number of fused-ring (bicyclic) bond motifs is 2. The Hall–Kier alpha value is -5.34. The molecule has 0 aliphatic rings. The maximum absolute atomic E-state index is 2.36. The van der Waals surface area contributed by atoms with Crippen LogP contribution >= 0.6 is 0 Å². The SMILES string of the molecule is c1ccc(N(c2ccccc2)c2ccc(N(c3ccccc3)c3cccc4cc5ccccc5cc34)cc2)cc1. The molecule has 0 saturated heterocycles. The highest BCUT2D eigenvalue weighted by Crippen LogP contribution is 2.41. The fraction of sp³-hybridized carbons (Fsp3) is 0. The first-order chi connectivity index (χ1) is 19.8. The van der Waals surface area contributed by atoms with Crippen LogP contribution in [0.1, 0.15) is 0 Å². The van der Waals surface area contributed by atoms with E-state index >= 15 is 0 Å². The van der Waals surface area contributed by atoms with Crippen molar-refractivity contribution in [2.24, 2.45) is 0 Å². The van der Waals surface area contributed by atoms with E-state index in [1.165, 1.54) is 21.5 Å². The van der Waals surface area contributed by atoms with E-state index in [2.05, 4.69) is 180 Å². The number of rotatable bonds is 6. The lowest BCUT2D eigenvalue weighted by Gasteiger charge is -2.29. The monoisotopic (exact) mass is 512 g/mol. The van der Waals surface area contributed by atoms with Crippen molar-refractivity contribution in [3.8, 4) is 0 Å². The van der Waals surface area contributed by atoms with Crippen molar-refractivity contribution in [3.63, 3.8) is 0 Å². The molecule has 0 bridgehead atoms. The minimum atomic E-state index is 1.11. The Labute approximate surface area is 235 Å². The van der Waals surface area contributed by atoms with Crippen LogP contribution in [0.25, 0.3) is 21.5 Å². The highest BCUT2D eigenvalue weighted by atomic mass is 15.2. The first-order valence-corrected chi connectivity index (χ1v) is 13.6. The average Bonchev–Trinajstić information content (AvgIpc) is 3.03. The summed E-state index contributed by atoms with van der Waals surface area (Å²) in [7, 11) is 0. The molecule has 0 atom stereocenters. The Morgan fingerprint density at radius 1 is 0.275 bits per heavy atom. The number of benzene rings is 7. The van der Waals surface area contributed by atoms with Crippen LogP contribution in [0.3, 0.4) is 0 Å². The first kappa shape index (κ1) is 23.8. The minimum Gasteiger partial charge on any atom is -0.311 e. The molecule has 0 aliphatic carbocycles. The van der Waals surface area contributed by atoms with Gasteiger partial charge in [-0.05, 0) is 95.0 Å². The predicted molar refractivity (Wildman–Crippen MR) is 171 cm³/mol. The third kappa shape index (κ3) is 4.46. The summed E-state index contributed by atoms with van der Waals surface area (Å²) in [6.07, 6.45) is 0. The van der Waals surface area contributed by atoms with Gasteiger partial charge in [0.2, 0.25) is 0 Å². The summed E-state index contributed by atoms with van der Waals surface area (Å²) in [5, 5.41) is 4.95. The molecule has 0 unspecified atom stereocenters. The molecule has 2 nitrogen and oxygen atoms in total. The summed E-state index contributed by atoms with van der Waals surface area (Å²) >= 11 is 0. The van der Waals surface area contributed by atoms with Gasteiger partial charge in [0.1, 0.15) is 0 Å². The molecule has 40 heavy (non-hydrogen) atoms. The molecule has 7 aromatic rings. The van der Waals surface area contributed by atoms with Crippen LogP contribution in [0.5, 0.6) is 0 Å². The van der Waals surface area contributed by atoms with Crippen molar-refractivity contribution in [1.29, 1.82) is 0 Å². The third-order valence-corrected chi connectivity index (χ3v) is 7.37. The molecular formula is C38H28N2. The molecular weight excluding hydrogens is 484 g/mol. The topological polar surface area (TPSA) is 6.48 Å². The van der Waals surface area contributed by atoms with Gasteiger partial charge in [-0.25, -0.2) is 0 Å². The molecule has 7 aromatic carbocycles. The van der Waals surface area contributed by atoms with Crippen LogP contribution < -0.4 is 9.80 Å². The molecule has 0 radical (unpaired) electrons. The maximum Gasteiger partial charge on any atom is 0.0540 e. The van der Waals surface area contributed by atoms with Gasteiger partial charge in [0.15, 0.2) is 0 Å². The van der Waals surface area contributed by atoms with Gasteiger partial charge >= 0.3 is 0 Å². The van der Waals surface area contributed by atoms with Crippen molar-refractivity contribution in [1.82, 2.24) is 0 Å². The number of anilines is 6. The largest absolute Gasteiger partial charge is 0.311 e. The van der Waals surface area contributed by atoms with E-state index < -0.39 is 0 Å². The fourth-order valence-electron chi connectivity index (χ4n) is 5.50. The highest BCUT2D eigenvalue weighted by molar-refractivity contribution is 6.06. The normalized spacial score (nSPS) is 11.0. The fourth-order valence-corrected chi connectivity index (χ4v) is 5.50. The van der Waals surface area contributed by atoms with E-state index in [0.29, 0.717) is 0 Å². The Balaban J connectivity index is 1.37. The summed E-state index contributed by atoms with van der Waals surface area (Å²) in [6, 6.07) is 60.3. The Bertz CT molecular complexity index is 1840. The van der Waals surface area contributed by atoms with E-state index in [9.17, 15) is 0 Å². The van der Waals surface area contributed by atoms with Gasteiger partial charge in [0.05, 0.1) is 5.69 Å². The van der Waals surface area contributed by atoms with Crippen molar-refractivity contribution in [2.75, 3.05) is 9.80 Å². The quantitative estimate of drug-likeness (QED) is 0.204. The Morgan fingerprint density at radius 2 is 0.675 bits per heavy atom. The van der Waals surface area contributed by atoms with Crippen molar-refractivity contribution in [2.45, 2.75) is 0 Å². The van der Waals surface area contributed by atoms with Gasteiger partial charge in [-0.3, -0.25) is 0 Å². The molecule has 0 aromatic heterocycles. The van der Waals surface area contributed by atoms with Crippen molar-refractivity contribution < 1.29 is 0 Å². The molecule has 0 aliphatic heterocycles. The van der Waals surface area contributed by atoms with E-state index in [4.69, 9.17) is 0 Å². The smallest absolute Gasteiger partial charge is 0.0540 e. The van der Waals surface area contributed by atoms with Crippen LogP contribution in [0.2, 0.25) is 0 Å². The summed E-state index contributed by atoms with van der Waals surface area (Å²) in [6.45, 7) is 0. The lowest BCUT2D eigenvalue weighted by molar-refractivity contribution is 1.26. The summed E-state index contributed by atoms with van der Waals surface area (Å²) < 4.78 is 0. The molecule has 7 rings (SSSR count). The third-order valence-electron chi connectivity index (χ3n) is 7.37. The molecule has 0 saturated carbocycles. The zero-order chi connectivity index (χ0) is 26.7. The lowest BCUT2D eigenvalue weighted by atomic mass is 10.0. The van der Waals surface area contributed by atoms with Crippen LogP contribution in [0.4, 0.5) is 34.1 Å². The lowest BCUT2D eigenvalue weighted by Crippen LogP contribution is -2.12. The van der Waals surface area contributed by atoms with E-state index in [1.54, 1.807) is 0 Å². The van der Waals surface area contributed by atoms with E-state index in [-0.39, 0.29) is 0 Å². The zero-order valence-electron chi connectivity index (χ0n) is 22.1. The van der Waals surface area contributed by atoms with Crippen LogP contribution in [-0.4, -0.2) is 0 Å². The second-order valence-electron chi connectivity index (χ2n) is 9.89. The van der Waals surface area contributed by atoms with Crippen LogP contribution in [-0.2, 0) is 0 Å². The molecule has 190 valence electrons. The van der Waals surface area contributed by atoms with Crippen LogP contribution in [0, 0.1) is 0 Å². The number of hydrogen-bond acceptors (Lipinski definition) is 2. The standard InChI is InChI=1S/C38H28N2/c1-4-16-32(17-5-1)39(33-18-6-2-7-19-33)35-23-25-36(26-24-35)40(34-20-8-3-9-21-34)38-22-12-15-31-27-29-13-10-11-14-30(29)28-37(31)38/h1-28H. The molecule has 2 heteroatoms. The minimum absolute atomic E-state index is 1.11. The van der Waals surface area contributed by atoms with Crippen LogP contribution in [0.15, 0.2) is 170 Å². The molecule has 0 heterocycles. The number of para-hydroxylation sites is 3. The maximum atomic E-state index is 2.36. The zero-order valence-corrected chi connectivity index (χ0v) is 22.1. The van der Waals surface area contributed by atoms with Gasteiger partial charge in [-0.15, -0.1) is 0 Å². The Morgan fingerprint density at radius 3 is 1.23 bits per heavy atom. The summed E-state index contributed by atoms with van der Waals surface area (Å²) in [5.74, 6) is 0. The van der Waals surface area contributed by atoms with E-state index in [0.717, 1.165) is 34.1 Å².